The molecule has 21 heavy (non-hydrogen) atoms. The minimum absolute atomic E-state index is 0.166. The van der Waals surface area contributed by atoms with Crippen molar-refractivity contribution in [3.63, 3.8) is 0 Å². The van der Waals surface area contributed by atoms with E-state index in [9.17, 15) is 5.11 Å². The number of aromatic nitrogens is 2. The van der Waals surface area contributed by atoms with Gasteiger partial charge >= 0.3 is 0 Å². The second kappa shape index (κ2) is 7.22. The quantitative estimate of drug-likeness (QED) is 0.731. The Kier molecular flexibility index (Phi) is 5.33. The molecule has 0 bridgehead atoms. The van der Waals surface area contributed by atoms with Gasteiger partial charge in [0, 0.05) is 24.6 Å². The van der Waals surface area contributed by atoms with Crippen molar-refractivity contribution in [2.24, 2.45) is 5.92 Å². The van der Waals surface area contributed by atoms with Crippen molar-refractivity contribution in [2.75, 3.05) is 23.8 Å². The summed E-state index contributed by atoms with van der Waals surface area (Å²) in [5.41, 5.74) is 0.914. The minimum atomic E-state index is 0.166. The summed E-state index contributed by atoms with van der Waals surface area (Å²) in [4.78, 5) is 9.09. The summed E-state index contributed by atoms with van der Waals surface area (Å²) in [5.74, 6) is 1.86. The van der Waals surface area contributed by atoms with Gasteiger partial charge in [-0.3, -0.25) is 0 Å². The molecule has 0 saturated heterocycles. The first-order valence-corrected chi connectivity index (χ1v) is 7.53. The number of aliphatic hydroxyl groups is 1. The lowest BCUT2D eigenvalue weighted by Gasteiger charge is -2.23. The zero-order valence-corrected chi connectivity index (χ0v) is 12.9. The first kappa shape index (κ1) is 15.5. The van der Waals surface area contributed by atoms with Crippen LogP contribution in [-0.4, -0.2) is 34.3 Å². The summed E-state index contributed by atoms with van der Waals surface area (Å²) in [6.07, 6.45) is 0.701. The third-order valence-corrected chi connectivity index (χ3v) is 3.51. The van der Waals surface area contributed by atoms with Crippen molar-refractivity contribution in [2.45, 2.75) is 33.2 Å². The van der Waals surface area contributed by atoms with Gasteiger partial charge < -0.3 is 15.7 Å². The Hall–Kier alpha value is -1.88. The molecule has 1 unspecified atom stereocenters. The largest absolute Gasteiger partial charge is 0.396 e. The van der Waals surface area contributed by atoms with E-state index in [2.05, 4.69) is 34.4 Å². The zero-order chi connectivity index (χ0) is 15.2. The molecule has 2 rings (SSSR count). The van der Waals surface area contributed by atoms with E-state index in [1.54, 1.807) is 0 Å². The van der Waals surface area contributed by atoms with E-state index in [-0.39, 0.29) is 12.6 Å². The lowest BCUT2D eigenvalue weighted by Crippen LogP contribution is -2.27. The predicted molar refractivity (Wildman–Crippen MR) is 87.7 cm³/mol. The summed E-state index contributed by atoms with van der Waals surface area (Å²) in [5, 5.41) is 16.9. The summed E-state index contributed by atoms with van der Waals surface area (Å²) in [6.45, 7) is 7.25. The molecule has 3 N–H and O–H groups in total. The predicted octanol–water partition coefficient (Wildman–Crippen LogP) is 2.88. The molecule has 1 heterocycles. The Morgan fingerprint density at radius 3 is 2.62 bits per heavy atom. The van der Waals surface area contributed by atoms with E-state index in [1.807, 2.05) is 31.2 Å². The molecular weight excluding hydrogens is 264 g/mol. The molecule has 0 amide bonds. The maximum absolute atomic E-state index is 9.23. The Morgan fingerprint density at radius 2 is 1.95 bits per heavy atom. The maximum Gasteiger partial charge on any atom is 0.225 e. The van der Waals surface area contributed by atoms with E-state index >= 15 is 0 Å². The summed E-state index contributed by atoms with van der Waals surface area (Å²) in [6, 6.07) is 8.15. The Labute approximate surface area is 125 Å². The number of hydrogen-bond donors (Lipinski definition) is 3. The second-order valence-corrected chi connectivity index (χ2v) is 5.45. The third kappa shape index (κ3) is 3.82. The molecule has 0 aliphatic carbocycles. The highest BCUT2D eigenvalue weighted by atomic mass is 16.3. The molecule has 2 aromatic rings. The molecule has 1 aromatic heterocycles. The molecule has 0 spiro atoms. The van der Waals surface area contributed by atoms with Crippen molar-refractivity contribution in [3.8, 4) is 0 Å². The topological polar surface area (TPSA) is 70.1 Å². The van der Waals surface area contributed by atoms with Gasteiger partial charge in [0.2, 0.25) is 5.95 Å². The van der Waals surface area contributed by atoms with Gasteiger partial charge in [-0.2, -0.15) is 4.98 Å². The number of nitrogens with one attached hydrogen (secondary N) is 2. The third-order valence-electron chi connectivity index (χ3n) is 3.51. The number of para-hydroxylation sites is 1. The fraction of sp³-hybridized carbons (Fsp3) is 0.500. The van der Waals surface area contributed by atoms with Crippen LogP contribution in [0.1, 0.15) is 27.2 Å². The van der Waals surface area contributed by atoms with Crippen LogP contribution < -0.4 is 10.6 Å². The van der Waals surface area contributed by atoms with E-state index in [0.29, 0.717) is 18.3 Å². The lowest BCUT2D eigenvalue weighted by atomic mass is 10.0. The van der Waals surface area contributed by atoms with Crippen molar-refractivity contribution >= 4 is 22.7 Å². The number of aliphatic hydroxyl groups excluding tert-OH is 1. The fourth-order valence-corrected chi connectivity index (χ4v) is 2.31. The van der Waals surface area contributed by atoms with Crippen LogP contribution in [0, 0.1) is 5.92 Å². The molecule has 5 nitrogen and oxygen atoms in total. The van der Waals surface area contributed by atoms with Gasteiger partial charge in [0.25, 0.3) is 0 Å². The van der Waals surface area contributed by atoms with Gasteiger partial charge in [-0.05, 0) is 31.4 Å². The van der Waals surface area contributed by atoms with Gasteiger partial charge in [-0.25, -0.2) is 4.98 Å². The normalized spacial score (nSPS) is 12.6. The van der Waals surface area contributed by atoms with Crippen LogP contribution >= 0.6 is 0 Å². The van der Waals surface area contributed by atoms with Crippen LogP contribution in [0.3, 0.4) is 0 Å². The summed E-state index contributed by atoms with van der Waals surface area (Å²) in [7, 11) is 0. The first-order chi connectivity index (χ1) is 10.2. The SMILES string of the molecule is CCNc1nc(NC(CCO)C(C)C)c2ccccc2n1. The monoisotopic (exact) mass is 288 g/mol. The average Bonchev–Trinajstić information content (AvgIpc) is 2.47. The summed E-state index contributed by atoms with van der Waals surface area (Å²) >= 11 is 0. The highest BCUT2D eigenvalue weighted by Crippen LogP contribution is 2.24. The van der Waals surface area contributed by atoms with E-state index in [0.717, 1.165) is 23.3 Å². The number of benzene rings is 1. The van der Waals surface area contributed by atoms with Crippen molar-refractivity contribution in [1.29, 1.82) is 0 Å². The van der Waals surface area contributed by atoms with Crippen LogP contribution in [0.4, 0.5) is 11.8 Å². The number of hydrogen-bond acceptors (Lipinski definition) is 5. The molecule has 1 aromatic carbocycles. The van der Waals surface area contributed by atoms with E-state index in [1.165, 1.54) is 0 Å². The molecule has 0 saturated carbocycles. The first-order valence-electron chi connectivity index (χ1n) is 7.53. The maximum atomic E-state index is 9.23. The molecule has 5 heteroatoms. The van der Waals surface area contributed by atoms with Crippen LogP contribution in [0.25, 0.3) is 10.9 Å². The molecule has 114 valence electrons. The van der Waals surface area contributed by atoms with Crippen molar-refractivity contribution in [1.82, 2.24) is 9.97 Å². The van der Waals surface area contributed by atoms with Crippen LogP contribution in [-0.2, 0) is 0 Å². The van der Waals surface area contributed by atoms with Crippen molar-refractivity contribution in [3.05, 3.63) is 24.3 Å². The fourth-order valence-electron chi connectivity index (χ4n) is 2.31. The highest BCUT2D eigenvalue weighted by molar-refractivity contribution is 5.90. The molecule has 0 aliphatic heterocycles. The number of anilines is 2. The Balaban J connectivity index is 2.40. The van der Waals surface area contributed by atoms with E-state index in [4.69, 9.17) is 0 Å². The second-order valence-electron chi connectivity index (χ2n) is 5.45. The van der Waals surface area contributed by atoms with Crippen molar-refractivity contribution < 1.29 is 5.11 Å². The lowest BCUT2D eigenvalue weighted by molar-refractivity contribution is 0.267. The number of nitrogens with zero attached hydrogens (tertiary/aromatic N) is 2. The van der Waals surface area contributed by atoms with Gasteiger partial charge in [-0.15, -0.1) is 0 Å². The smallest absolute Gasteiger partial charge is 0.225 e. The molecule has 0 fully saturated rings. The number of rotatable bonds is 7. The molecule has 1 atom stereocenters. The minimum Gasteiger partial charge on any atom is -0.396 e. The standard InChI is InChI=1S/C16H24N4O/c1-4-17-16-19-14-8-6-5-7-12(14)15(20-16)18-13(9-10-21)11(2)3/h5-8,11,13,21H,4,9-10H2,1-3H3,(H2,17,18,19,20). The highest BCUT2D eigenvalue weighted by Gasteiger charge is 2.15. The van der Waals surface area contributed by atoms with Gasteiger partial charge in [0.05, 0.1) is 5.52 Å². The van der Waals surface area contributed by atoms with E-state index < -0.39 is 0 Å². The van der Waals surface area contributed by atoms with Gasteiger partial charge in [-0.1, -0.05) is 26.0 Å². The van der Waals surface area contributed by atoms with Crippen LogP contribution in [0.5, 0.6) is 0 Å². The molecule has 0 aliphatic rings. The van der Waals surface area contributed by atoms with Crippen LogP contribution in [0.15, 0.2) is 24.3 Å². The van der Waals surface area contributed by atoms with Gasteiger partial charge in [0.1, 0.15) is 5.82 Å². The zero-order valence-electron chi connectivity index (χ0n) is 12.9. The average molecular weight is 288 g/mol. The Bertz CT molecular complexity index is 585. The molecular formula is C16H24N4O. The Morgan fingerprint density at radius 1 is 1.19 bits per heavy atom. The molecule has 0 radical (unpaired) electrons. The summed E-state index contributed by atoms with van der Waals surface area (Å²) < 4.78 is 0. The van der Waals surface area contributed by atoms with Crippen LogP contribution in [0.2, 0.25) is 0 Å². The number of fused-ring (bicyclic) bond motifs is 1. The van der Waals surface area contributed by atoms with Gasteiger partial charge in [0.15, 0.2) is 0 Å².